The van der Waals surface area contributed by atoms with E-state index in [-0.39, 0.29) is 11.7 Å². The van der Waals surface area contributed by atoms with Gasteiger partial charge in [0.1, 0.15) is 0 Å². The van der Waals surface area contributed by atoms with Crippen molar-refractivity contribution in [1.29, 1.82) is 0 Å². The van der Waals surface area contributed by atoms with Crippen molar-refractivity contribution < 1.29 is 4.79 Å². The lowest BCUT2D eigenvalue weighted by Gasteiger charge is -2.19. The van der Waals surface area contributed by atoms with Gasteiger partial charge >= 0.3 is 0 Å². The molecule has 0 amide bonds. The zero-order valence-electron chi connectivity index (χ0n) is 8.75. The third-order valence-corrected chi connectivity index (χ3v) is 2.47. The number of halogens is 1. The summed E-state index contributed by atoms with van der Waals surface area (Å²) in [5, 5.41) is 0. The van der Waals surface area contributed by atoms with E-state index in [1.807, 2.05) is 37.3 Å². The lowest BCUT2D eigenvalue weighted by Crippen LogP contribution is -2.29. The summed E-state index contributed by atoms with van der Waals surface area (Å²) in [7, 11) is 0. The third kappa shape index (κ3) is 2.58. The average Bonchev–Trinajstić information content (AvgIpc) is 2.15. The average molecular weight is 211 g/mol. The van der Waals surface area contributed by atoms with E-state index in [4.69, 9.17) is 11.6 Å². The van der Waals surface area contributed by atoms with E-state index in [9.17, 15) is 4.79 Å². The second-order valence-corrected chi connectivity index (χ2v) is 4.91. The van der Waals surface area contributed by atoms with Gasteiger partial charge in [0.05, 0.1) is 4.87 Å². The van der Waals surface area contributed by atoms with E-state index < -0.39 is 4.87 Å². The van der Waals surface area contributed by atoms with E-state index in [0.29, 0.717) is 0 Å². The van der Waals surface area contributed by atoms with Crippen LogP contribution in [0.2, 0.25) is 0 Å². The van der Waals surface area contributed by atoms with Crippen molar-refractivity contribution in [1.82, 2.24) is 0 Å². The van der Waals surface area contributed by atoms with Crippen molar-refractivity contribution in [2.24, 2.45) is 0 Å². The Bertz CT molecular complexity index is 311. The number of ketones is 1. The Morgan fingerprint density at radius 1 is 1.29 bits per heavy atom. The molecule has 0 spiro atoms. The maximum absolute atomic E-state index is 11.8. The van der Waals surface area contributed by atoms with Crippen LogP contribution < -0.4 is 0 Å². The van der Waals surface area contributed by atoms with Crippen molar-refractivity contribution in [3.05, 3.63) is 35.9 Å². The Hall–Kier alpha value is -0.820. The number of Topliss-reactive ketones (excluding diaryl/α,β-unsaturated/α-hetero) is 1. The van der Waals surface area contributed by atoms with Crippen LogP contribution in [0.1, 0.15) is 32.3 Å². The molecule has 0 saturated heterocycles. The fourth-order valence-electron chi connectivity index (χ4n) is 1.41. The summed E-state index contributed by atoms with van der Waals surface area (Å²) >= 11 is 5.98. The molecule has 0 saturated carbocycles. The van der Waals surface area contributed by atoms with E-state index >= 15 is 0 Å². The van der Waals surface area contributed by atoms with Crippen LogP contribution in [-0.2, 0) is 4.79 Å². The molecule has 0 heterocycles. The number of rotatable bonds is 3. The molecule has 14 heavy (non-hydrogen) atoms. The first-order chi connectivity index (χ1) is 6.43. The zero-order valence-corrected chi connectivity index (χ0v) is 9.51. The first-order valence-electron chi connectivity index (χ1n) is 4.71. The first kappa shape index (κ1) is 11.3. The highest BCUT2D eigenvalue weighted by molar-refractivity contribution is 6.35. The SMILES string of the molecule is CC(C(=O)C(C)(C)Cl)c1ccccc1. The van der Waals surface area contributed by atoms with Gasteiger partial charge in [-0.1, -0.05) is 37.3 Å². The minimum absolute atomic E-state index is 0.0605. The molecular formula is C12H15ClO. The van der Waals surface area contributed by atoms with Gasteiger partial charge in [-0.2, -0.15) is 0 Å². The van der Waals surface area contributed by atoms with Crippen molar-refractivity contribution >= 4 is 17.4 Å². The Balaban J connectivity index is 2.87. The lowest BCUT2D eigenvalue weighted by atomic mass is 9.90. The topological polar surface area (TPSA) is 17.1 Å². The molecule has 0 N–H and O–H groups in total. The predicted octanol–water partition coefficient (Wildman–Crippen LogP) is 3.38. The lowest BCUT2D eigenvalue weighted by molar-refractivity contribution is -0.121. The highest BCUT2D eigenvalue weighted by atomic mass is 35.5. The highest BCUT2D eigenvalue weighted by Gasteiger charge is 2.29. The summed E-state index contributed by atoms with van der Waals surface area (Å²) in [5.41, 5.74) is 1.02. The van der Waals surface area contributed by atoms with Gasteiger partial charge in [0.15, 0.2) is 5.78 Å². The number of carbonyl (C=O) groups is 1. The fraction of sp³-hybridized carbons (Fsp3) is 0.417. The summed E-state index contributed by atoms with van der Waals surface area (Å²) in [6.07, 6.45) is 0. The standard InChI is InChI=1S/C12H15ClO/c1-9(11(14)12(2,3)13)10-7-5-4-6-8-10/h4-9H,1-3H3. The first-order valence-corrected chi connectivity index (χ1v) is 5.09. The molecule has 0 fully saturated rings. The van der Waals surface area contributed by atoms with Gasteiger partial charge in [-0.15, -0.1) is 11.6 Å². The number of hydrogen-bond donors (Lipinski definition) is 0. The quantitative estimate of drug-likeness (QED) is 0.700. The Labute approximate surface area is 90.1 Å². The second-order valence-electron chi connectivity index (χ2n) is 3.97. The zero-order chi connectivity index (χ0) is 10.8. The molecule has 0 bridgehead atoms. The van der Waals surface area contributed by atoms with Gasteiger partial charge in [-0.05, 0) is 19.4 Å². The van der Waals surface area contributed by atoms with Crippen LogP contribution in [0.3, 0.4) is 0 Å². The molecule has 1 aromatic carbocycles. The molecule has 0 aromatic heterocycles. The molecular weight excluding hydrogens is 196 g/mol. The largest absolute Gasteiger partial charge is 0.297 e. The fourth-order valence-corrected chi connectivity index (χ4v) is 1.57. The van der Waals surface area contributed by atoms with Gasteiger partial charge in [0, 0.05) is 5.92 Å². The Kier molecular flexibility index (Phi) is 3.33. The summed E-state index contributed by atoms with van der Waals surface area (Å²) < 4.78 is 0. The molecule has 1 aromatic rings. The molecule has 1 nitrogen and oxygen atoms in total. The normalized spacial score (nSPS) is 13.7. The second kappa shape index (κ2) is 4.14. The van der Waals surface area contributed by atoms with Crippen LogP contribution in [0.5, 0.6) is 0 Å². The van der Waals surface area contributed by atoms with Crippen LogP contribution in [-0.4, -0.2) is 10.7 Å². The van der Waals surface area contributed by atoms with Crippen molar-refractivity contribution in [3.63, 3.8) is 0 Å². The van der Waals surface area contributed by atoms with Crippen LogP contribution >= 0.6 is 11.6 Å². The van der Waals surface area contributed by atoms with E-state index in [2.05, 4.69) is 0 Å². The number of benzene rings is 1. The Morgan fingerprint density at radius 3 is 2.21 bits per heavy atom. The molecule has 0 radical (unpaired) electrons. The van der Waals surface area contributed by atoms with Crippen molar-refractivity contribution in [2.75, 3.05) is 0 Å². The van der Waals surface area contributed by atoms with Crippen LogP contribution in [0.25, 0.3) is 0 Å². The molecule has 1 rings (SSSR count). The Morgan fingerprint density at radius 2 is 1.79 bits per heavy atom. The summed E-state index contributed by atoms with van der Waals surface area (Å²) in [5.74, 6) is -0.0749. The van der Waals surface area contributed by atoms with Crippen LogP contribution in [0.15, 0.2) is 30.3 Å². The number of carbonyl (C=O) groups excluding carboxylic acids is 1. The highest BCUT2D eigenvalue weighted by Crippen LogP contribution is 2.25. The summed E-state index contributed by atoms with van der Waals surface area (Å²) in [6, 6.07) is 9.70. The molecule has 1 atom stereocenters. The minimum atomic E-state index is -0.782. The van der Waals surface area contributed by atoms with Crippen molar-refractivity contribution in [2.45, 2.75) is 31.6 Å². The van der Waals surface area contributed by atoms with E-state index in [1.165, 1.54) is 0 Å². The molecule has 1 unspecified atom stereocenters. The number of hydrogen-bond acceptors (Lipinski definition) is 1. The molecule has 0 aliphatic heterocycles. The third-order valence-electron chi connectivity index (χ3n) is 2.28. The molecule has 0 aliphatic rings. The van der Waals surface area contributed by atoms with Crippen LogP contribution in [0.4, 0.5) is 0 Å². The van der Waals surface area contributed by atoms with Crippen molar-refractivity contribution in [3.8, 4) is 0 Å². The van der Waals surface area contributed by atoms with Gasteiger partial charge in [0.25, 0.3) is 0 Å². The maximum atomic E-state index is 11.8. The molecule has 76 valence electrons. The molecule has 0 aliphatic carbocycles. The van der Waals surface area contributed by atoms with Gasteiger partial charge < -0.3 is 0 Å². The van der Waals surface area contributed by atoms with Gasteiger partial charge in [0.2, 0.25) is 0 Å². The van der Waals surface area contributed by atoms with Gasteiger partial charge in [-0.25, -0.2) is 0 Å². The number of alkyl halides is 1. The van der Waals surface area contributed by atoms with E-state index in [0.717, 1.165) is 5.56 Å². The summed E-state index contributed by atoms with van der Waals surface area (Å²) in [4.78, 5) is 11.1. The maximum Gasteiger partial charge on any atom is 0.160 e. The van der Waals surface area contributed by atoms with E-state index in [1.54, 1.807) is 13.8 Å². The minimum Gasteiger partial charge on any atom is -0.297 e. The van der Waals surface area contributed by atoms with Crippen LogP contribution in [0, 0.1) is 0 Å². The van der Waals surface area contributed by atoms with Gasteiger partial charge in [-0.3, -0.25) is 4.79 Å². The monoisotopic (exact) mass is 210 g/mol. The smallest absolute Gasteiger partial charge is 0.160 e. The summed E-state index contributed by atoms with van der Waals surface area (Å²) in [6.45, 7) is 5.36. The predicted molar refractivity (Wildman–Crippen MR) is 59.8 cm³/mol. The molecule has 2 heteroatoms.